The normalized spacial score (nSPS) is 15.1. The van der Waals surface area contributed by atoms with Crippen LogP contribution >= 0.6 is 0 Å². The average Bonchev–Trinajstić information content (AvgIpc) is 2.88. The second kappa shape index (κ2) is 13.1. The zero-order chi connectivity index (χ0) is 30.4. The number of carbonyl (C=O) groups excluding carboxylic acids is 2. The van der Waals surface area contributed by atoms with Gasteiger partial charge in [0.05, 0.1) is 16.8 Å². The third kappa shape index (κ3) is 9.23. The molecule has 1 atom stereocenters. The number of allylic oxidation sites excluding steroid dienone is 2. The summed E-state index contributed by atoms with van der Waals surface area (Å²) in [5, 5.41) is 12.2. The molecule has 4 rings (SSSR count). The quantitative estimate of drug-likeness (QED) is 0.298. The van der Waals surface area contributed by atoms with Crippen molar-refractivity contribution in [1.82, 2.24) is 4.98 Å². The standard InChI is InChI=1S/C17H21NO3.C17H19NO2/c1-12-7-6-10-18(20)15(12)13-8-5-9-14(11-13)16(19)21-17(2,3)4;1-12-7-6-10-18-15(12)13-8-5-9-14(11-13)16(19)20-17(2,3)4/h5-9,11,18H,10H2,1-4H3;5-11H,1-4H3. The van der Waals surface area contributed by atoms with Gasteiger partial charge in [-0.15, -0.1) is 0 Å². The Labute approximate surface area is 243 Å². The van der Waals surface area contributed by atoms with Crippen LogP contribution in [0.1, 0.15) is 80.3 Å². The topological polar surface area (TPSA) is 93.0 Å². The molecule has 0 spiro atoms. The number of pyridine rings is 1. The number of aryl methyl sites for hydroxylation is 1. The molecule has 0 aliphatic carbocycles. The summed E-state index contributed by atoms with van der Waals surface area (Å²) in [4.78, 5) is 28.6. The third-order valence-corrected chi connectivity index (χ3v) is 5.91. The summed E-state index contributed by atoms with van der Waals surface area (Å²) in [5.41, 5.74) is 5.24. The lowest BCUT2D eigenvalue weighted by atomic mass is 10.0. The lowest BCUT2D eigenvalue weighted by molar-refractivity contribution is -0.762. The Morgan fingerprint density at radius 2 is 1.34 bits per heavy atom. The van der Waals surface area contributed by atoms with Gasteiger partial charge in [-0.05, 0) is 103 Å². The van der Waals surface area contributed by atoms with Crippen molar-refractivity contribution in [2.24, 2.45) is 0 Å². The number of rotatable bonds is 4. The van der Waals surface area contributed by atoms with Gasteiger partial charge >= 0.3 is 11.9 Å². The summed E-state index contributed by atoms with van der Waals surface area (Å²) in [6.07, 6.45) is 5.55. The molecule has 1 N–H and O–H groups in total. The molecule has 7 nitrogen and oxygen atoms in total. The Kier molecular flexibility index (Phi) is 10.0. The number of nitrogens with zero attached hydrogens (tertiary/aromatic N) is 1. The van der Waals surface area contributed by atoms with E-state index in [1.807, 2.05) is 104 Å². The van der Waals surface area contributed by atoms with E-state index in [9.17, 15) is 14.8 Å². The predicted molar refractivity (Wildman–Crippen MR) is 162 cm³/mol. The van der Waals surface area contributed by atoms with Crippen molar-refractivity contribution in [2.75, 3.05) is 6.54 Å². The summed E-state index contributed by atoms with van der Waals surface area (Å²) < 4.78 is 10.8. The monoisotopic (exact) mass is 556 g/mol. The summed E-state index contributed by atoms with van der Waals surface area (Å²) in [6.45, 7) is 15.4. The van der Waals surface area contributed by atoms with Crippen LogP contribution in [0.25, 0.3) is 17.0 Å². The highest BCUT2D eigenvalue weighted by molar-refractivity contribution is 5.91. The summed E-state index contributed by atoms with van der Waals surface area (Å²) >= 11 is 0. The van der Waals surface area contributed by atoms with Crippen LogP contribution in [-0.2, 0) is 9.47 Å². The van der Waals surface area contributed by atoms with E-state index in [1.54, 1.807) is 30.5 Å². The van der Waals surface area contributed by atoms with Crippen LogP contribution in [0.15, 0.2) is 84.6 Å². The summed E-state index contributed by atoms with van der Waals surface area (Å²) in [6, 6.07) is 18.3. The van der Waals surface area contributed by atoms with Gasteiger partial charge in [0.2, 0.25) is 0 Å². The Balaban J connectivity index is 0.000000226. The minimum Gasteiger partial charge on any atom is -0.629 e. The second-order valence-corrected chi connectivity index (χ2v) is 11.9. The van der Waals surface area contributed by atoms with Crippen molar-refractivity contribution in [3.05, 3.63) is 112 Å². The van der Waals surface area contributed by atoms with Crippen LogP contribution in [0.4, 0.5) is 0 Å². The van der Waals surface area contributed by atoms with Crippen molar-refractivity contribution in [3.63, 3.8) is 0 Å². The van der Waals surface area contributed by atoms with E-state index in [0.29, 0.717) is 23.4 Å². The SMILES string of the molecule is CC1=C(c2cccc(C(=O)OC(C)(C)C)c2)[NH+]([O-])CC=C1.Cc1cccnc1-c1cccc(C(=O)OC(C)(C)C)c1. The first-order valence-electron chi connectivity index (χ1n) is 13.6. The van der Waals surface area contributed by atoms with Gasteiger partial charge in [-0.1, -0.05) is 30.3 Å². The number of aromatic nitrogens is 1. The number of ether oxygens (including phenoxy) is 2. The molecule has 2 heterocycles. The van der Waals surface area contributed by atoms with Gasteiger partial charge in [0.25, 0.3) is 0 Å². The highest BCUT2D eigenvalue weighted by Crippen LogP contribution is 2.23. The van der Waals surface area contributed by atoms with E-state index in [4.69, 9.17) is 9.47 Å². The first-order valence-corrected chi connectivity index (χ1v) is 13.6. The van der Waals surface area contributed by atoms with Gasteiger partial charge in [0.15, 0.2) is 0 Å². The summed E-state index contributed by atoms with van der Waals surface area (Å²) in [7, 11) is 0. The molecule has 7 heteroatoms. The van der Waals surface area contributed by atoms with Gasteiger partial charge in [-0.2, -0.15) is 0 Å². The molecule has 0 amide bonds. The molecule has 0 fully saturated rings. The van der Waals surface area contributed by atoms with Crippen LogP contribution in [0.3, 0.4) is 0 Å². The van der Waals surface area contributed by atoms with E-state index in [1.165, 1.54) is 0 Å². The maximum absolute atomic E-state index is 12.1. The van der Waals surface area contributed by atoms with Gasteiger partial charge in [-0.3, -0.25) is 4.98 Å². The predicted octanol–water partition coefficient (Wildman–Crippen LogP) is 6.34. The molecule has 3 aromatic rings. The van der Waals surface area contributed by atoms with Crippen LogP contribution in [0.2, 0.25) is 0 Å². The van der Waals surface area contributed by atoms with Gasteiger partial charge < -0.3 is 19.7 Å². The molecule has 0 bridgehead atoms. The highest BCUT2D eigenvalue weighted by Gasteiger charge is 2.21. The first kappa shape index (κ1) is 31.5. The molecule has 0 saturated carbocycles. The molecule has 1 aliphatic heterocycles. The maximum atomic E-state index is 12.1. The number of carbonyl (C=O) groups is 2. The molecule has 1 unspecified atom stereocenters. The molecule has 1 aromatic heterocycles. The first-order chi connectivity index (χ1) is 19.1. The maximum Gasteiger partial charge on any atom is 0.338 e. The van der Waals surface area contributed by atoms with Crippen molar-refractivity contribution >= 4 is 17.6 Å². The van der Waals surface area contributed by atoms with Gasteiger partial charge in [-0.25, -0.2) is 9.59 Å². The lowest BCUT2D eigenvalue weighted by Gasteiger charge is -2.27. The Hall–Kier alpha value is -4.07. The number of hydroxylamine groups is 2. The van der Waals surface area contributed by atoms with E-state index in [0.717, 1.165) is 28.0 Å². The van der Waals surface area contributed by atoms with E-state index in [2.05, 4.69) is 4.98 Å². The Bertz CT molecular complexity index is 1460. The molecular formula is C34H40N2O5. The molecule has 216 valence electrons. The molecule has 1 aliphatic rings. The number of benzene rings is 2. The zero-order valence-corrected chi connectivity index (χ0v) is 25.2. The van der Waals surface area contributed by atoms with E-state index < -0.39 is 11.2 Å². The largest absolute Gasteiger partial charge is 0.629 e. The second-order valence-electron chi connectivity index (χ2n) is 11.9. The Morgan fingerprint density at radius 3 is 1.85 bits per heavy atom. The van der Waals surface area contributed by atoms with Gasteiger partial charge in [0, 0.05) is 22.9 Å². The van der Waals surface area contributed by atoms with Gasteiger partial charge in [0.1, 0.15) is 23.4 Å². The van der Waals surface area contributed by atoms with Crippen molar-refractivity contribution in [3.8, 4) is 11.3 Å². The highest BCUT2D eigenvalue weighted by atomic mass is 16.6. The number of quaternary nitrogens is 1. The zero-order valence-electron chi connectivity index (χ0n) is 25.2. The molecule has 41 heavy (non-hydrogen) atoms. The average molecular weight is 557 g/mol. The number of esters is 2. The smallest absolute Gasteiger partial charge is 0.338 e. The minimum atomic E-state index is -0.536. The lowest BCUT2D eigenvalue weighted by Crippen LogP contribution is -3.04. The van der Waals surface area contributed by atoms with Crippen molar-refractivity contribution in [1.29, 1.82) is 0 Å². The fourth-order valence-corrected chi connectivity index (χ4v) is 4.19. The fraction of sp³-hybridized carbons (Fsp3) is 0.324. The minimum absolute atomic E-state index is 0.0799. The number of nitrogens with one attached hydrogen (secondary N) is 1. The third-order valence-electron chi connectivity index (χ3n) is 5.91. The molecule has 2 aromatic carbocycles. The molecule has 0 saturated heterocycles. The van der Waals surface area contributed by atoms with Crippen molar-refractivity contribution < 1.29 is 24.1 Å². The number of hydrogen-bond acceptors (Lipinski definition) is 6. The number of hydrogen-bond donors (Lipinski definition) is 1. The van der Waals surface area contributed by atoms with Crippen LogP contribution in [-0.4, -0.2) is 34.7 Å². The summed E-state index contributed by atoms with van der Waals surface area (Å²) in [5.74, 6) is -0.686. The Morgan fingerprint density at radius 1 is 0.805 bits per heavy atom. The van der Waals surface area contributed by atoms with Crippen molar-refractivity contribution in [2.45, 2.75) is 66.6 Å². The van der Waals surface area contributed by atoms with Crippen LogP contribution < -0.4 is 5.06 Å². The molecule has 0 radical (unpaired) electrons. The van der Waals surface area contributed by atoms with Crippen LogP contribution in [0.5, 0.6) is 0 Å². The van der Waals surface area contributed by atoms with E-state index in [-0.39, 0.29) is 17.0 Å². The fourth-order valence-electron chi connectivity index (χ4n) is 4.19. The van der Waals surface area contributed by atoms with E-state index >= 15 is 0 Å². The van der Waals surface area contributed by atoms with Crippen LogP contribution in [0, 0.1) is 12.1 Å². The molecular weight excluding hydrogens is 516 g/mol.